The zero-order valence-electron chi connectivity index (χ0n) is 20.7. The van der Waals surface area contributed by atoms with E-state index in [0.29, 0.717) is 30.4 Å². The second-order valence-corrected chi connectivity index (χ2v) is 9.77. The summed E-state index contributed by atoms with van der Waals surface area (Å²) in [4.78, 5) is 49.0. The van der Waals surface area contributed by atoms with Crippen molar-refractivity contribution in [2.75, 3.05) is 0 Å². The van der Waals surface area contributed by atoms with E-state index in [-0.39, 0.29) is 34.8 Å². The van der Waals surface area contributed by atoms with Gasteiger partial charge in [0, 0.05) is 18.5 Å². The molecule has 0 aliphatic heterocycles. The van der Waals surface area contributed by atoms with Gasteiger partial charge in [0.15, 0.2) is 5.65 Å². The standard InChI is InChI=1S/C27H25FN6O5/c28-19-4-2-1-3-17(19)13-33-25(37)22-23(32(27(33)39)12-16-5-6-16)31-21(30-22)11-15-7-9-18(10-8-15)34-24(36)20(14-35)29-26(34)38/h1-4,7-10,16,35-36H,5-6,11-14H2,(H,29,38)(H,30,31). The zero-order chi connectivity index (χ0) is 27.3. The monoisotopic (exact) mass is 532 g/mol. The van der Waals surface area contributed by atoms with E-state index in [1.807, 2.05) is 0 Å². The molecule has 0 spiro atoms. The molecule has 12 heteroatoms. The van der Waals surface area contributed by atoms with E-state index in [0.717, 1.165) is 27.5 Å². The summed E-state index contributed by atoms with van der Waals surface area (Å²) in [6, 6.07) is 12.8. The van der Waals surface area contributed by atoms with Gasteiger partial charge in [-0.1, -0.05) is 30.3 Å². The maximum absolute atomic E-state index is 14.3. The minimum Gasteiger partial charge on any atom is -0.493 e. The van der Waals surface area contributed by atoms with Crippen LogP contribution in [0.2, 0.25) is 0 Å². The van der Waals surface area contributed by atoms with E-state index in [1.54, 1.807) is 42.5 Å². The maximum Gasteiger partial charge on any atom is 0.333 e. The smallest absolute Gasteiger partial charge is 0.333 e. The molecule has 200 valence electrons. The Kier molecular flexibility index (Phi) is 6.03. The predicted molar refractivity (Wildman–Crippen MR) is 140 cm³/mol. The number of aromatic amines is 2. The largest absolute Gasteiger partial charge is 0.493 e. The maximum atomic E-state index is 14.3. The average Bonchev–Trinajstić information content (AvgIpc) is 3.58. The van der Waals surface area contributed by atoms with Crippen LogP contribution in [0, 0.1) is 11.7 Å². The average molecular weight is 533 g/mol. The summed E-state index contributed by atoms with van der Waals surface area (Å²) in [6.45, 7) is -0.271. The fourth-order valence-corrected chi connectivity index (χ4v) is 4.74. The summed E-state index contributed by atoms with van der Waals surface area (Å²) in [5.74, 6) is -0.0636. The van der Waals surface area contributed by atoms with Crippen molar-refractivity contribution in [1.82, 2.24) is 28.7 Å². The summed E-state index contributed by atoms with van der Waals surface area (Å²) in [5, 5.41) is 19.5. The van der Waals surface area contributed by atoms with Crippen molar-refractivity contribution in [2.45, 2.75) is 39.0 Å². The number of hydrogen-bond donors (Lipinski definition) is 4. The number of benzene rings is 2. The molecule has 0 bridgehead atoms. The molecule has 4 N–H and O–H groups in total. The summed E-state index contributed by atoms with van der Waals surface area (Å²) in [5.41, 5.74) is 0.235. The minimum atomic E-state index is -0.582. The van der Waals surface area contributed by atoms with E-state index in [2.05, 4.69) is 15.0 Å². The molecule has 0 unspecified atom stereocenters. The van der Waals surface area contributed by atoms with Crippen LogP contribution >= 0.6 is 0 Å². The molecule has 0 atom stereocenters. The molecule has 0 amide bonds. The zero-order valence-corrected chi connectivity index (χ0v) is 20.7. The molecule has 39 heavy (non-hydrogen) atoms. The number of aliphatic hydroxyl groups is 1. The first-order valence-corrected chi connectivity index (χ1v) is 12.5. The molecule has 3 heterocycles. The number of aliphatic hydroxyl groups excluding tert-OH is 1. The van der Waals surface area contributed by atoms with E-state index in [9.17, 15) is 29.0 Å². The van der Waals surface area contributed by atoms with Crippen molar-refractivity contribution in [3.8, 4) is 11.6 Å². The van der Waals surface area contributed by atoms with Gasteiger partial charge in [-0.15, -0.1) is 0 Å². The molecule has 1 aliphatic rings. The van der Waals surface area contributed by atoms with Gasteiger partial charge in [0.2, 0.25) is 5.88 Å². The first-order chi connectivity index (χ1) is 18.8. The molecule has 11 nitrogen and oxygen atoms in total. The van der Waals surface area contributed by atoms with Gasteiger partial charge in [-0.3, -0.25) is 13.9 Å². The number of hydrogen-bond acceptors (Lipinski definition) is 6. The number of nitrogens with one attached hydrogen (secondary N) is 2. The fourth-order valence-electron chi connectivity index (χ4n) is 4.74. The van der Waals surface area contributed by atoms with Crippen LogP contribution in [0.3, 0.4) is 0 Å². The molecule has 0 radical (unpaired) electrons. The van der Waals surface area contributed by atoms with Crippen LogP contribution in [0.1, 0.15) is 35.5 Å². The number of halogens is 1. The van der Waals surface area contributed by atoms with Gasteiger partial charge in [0.1, 0.15) is 22.9 Å². The Morgan fingerprint density at radius 3 is 2.41 bits per heavy atom. The summed E-state index contributed by atoms with van der Waals surface area (Å²) >= 11 is 0. The van der Waals surface area contributed by atoms with Crippen LogP contribution in [0.5, 0.6) is 5.88 Å². The third-order valence-corrected chi connectivity index (χ3v) is 7.00. The molecular weight excluding hydrogens is 507 g/mol. The number of aromatic nitrogens is 6. The molecular formula is C27H25FN6O5. The number of aromatic hydroxyl groups is 1. The Labute approximate surface area is 219 Å². The molecule has 3 aromatic heterocycles. The quantitative estimate of drug-likeness (QED) is 0.239. The van der Waals surface area contributed by atoms with Crippen molar-refractivity contribution >= 4 is 11.2 Å². The highest BCUT2D eigenvalue weighted by atomic mass is 19.1. The number of H-pyrrole nitrogens is 2. The van der Waals surface area contributed by atoms with Crippen molar-refractivity contribution in [1.29, 1.82) is 0 Å². The topological polar surface area (TPSA) is 151 Å². The number of nitrogens with zero attached hydrogens (tertiary/aromatic N) is 4. The van der Waals surface area contributed by atoms with Gasteiger partial charge >= 0.3 is 11.4 Å². The van der Waals surface area contributed by atoms with Crippen LogP contribution in [0.15, 0.2) is 62.9 Å². The highest BCUT2D eigenvalue weighted by molar-refractivity contribution is 5.70. The van der Waals surface area contributed by atoms with Gasteiger partial charge in [-0.05, 0) is 42.5 Å². The first-order valence-electron chi connectivity index (χ1n) is 12.5. The Bertz CT molecular complexity index is 1870. The van der Waals surface area contributed by atoms with E-state index < -0.39 is 29.4 Å². The third kappa shape index (κ3) is 4.48. The van der Waals surface area contributed by atoms with Crippen LogP contribution in [-0.2, 0) is 26.1 Å². The van der Waals surface area contributed by atoms with Gasteiger partial charge in [-0.25, -0.2) is 23.5 Å². The molecule has 5 aromatic rings. The Balaban J connectivity index is 1.36. The van der Waals surface area contributed by atoms with Crippen LogP contribution in [-0.4, -0.2) is 38.9 Å². The highest BCUT2D eigenvalue weighted by Gasteiger charge is 2.26. The molecule has 1 saturated carbocycles. The lowest BCUT2D eigenvalue weighted by molar-refractivity contribution is 0.270. The molecule has 1 aliphatic carbocycles. The second-order valence-electron chi connectivity index (χ2n) is 9.77. The third-order valence-electron chi connectivity index (χ3n) is 7.00. The van der Waals surface area contributed by atoms with Crippen molar-refractivity contribution in [2.24, 2.45) is 5.92 Å². The van der Waals surface area contributed by atoms with Crippen molar-refractivity contribution < 1.29 is 14.6 Å². The lowest BCUT2D eigenvalue weighted by atomic mass is 10.1. The van der Waals surface area contributed by atoms with Gasteiger partial charge < -0.3 is 20.2 Å². The van der Waals surface area contributed by atoms with Gasteiger partial charge in [-0.2, -0.15) is 0 Å². The molecule has 6 rings (SSSR count). The highest BCUT2D eigenvalue weighted by Crippen LogP contribution is 2.30. The van der Waals surface area contributed by atoms with Crippen LogP contribution < -0.4 is 16.9 Å². The Morgan fingerprint density at radius 2 is 1.74 bits per heavy atom. The second kappa shape index (κ2) is 9.55. The Hall–Kier alpha value is -4.71. The number of imidazole rings is 2. The van der Waals surface area contributed by atoms with Crippen molar-refractivity contribution in [3.05, 3.63) is 108 Å². The SMILES string of the molecule is O=c1[nH]c(CO)c(O)n1-c1ccc(Cc2nc3c([nH]2)c(=O)n(Cc2ccccc2F)c(=O)n3CC2CC2)cc1. The Morgan fingerprint density at radius 1 is 1.00 bits per heavy atom. The van der Waals surface area contributed by atoms with Crippen LogP contribution in [0.4, 0.5) is 4.39 Å². The predicted octanol–water partition coefficient (Wildman–Crippen LogP) is 1.75. The first kappa shape index (κ1) is 24.6. The van der Waals surface area contributed by atoms with Gasteiger partial charge in [0.05, 0.1) is 18.8 Å². The summed E-state index contributed by atoms with van der Waals surface area (Å²) < 4.78 is 17.9. The summed E-state index contributed by atoms with van der Waals surface area (Å²) in [7, 11) is 0. The van der Waals surface area contributed by atoms with Crippen molar-refractivity contribution in [3.63, 3.8) is 0 Å². The lowest BCUT2D eigenvalue weighted by Crippen LogP contribution is -2.40. The summed E-state index contributed by atoms with van der Waals surface area (Å²) in [6.07, 6.45) is 2.28. The molecule has 1 fully saturated rings. The number of fused-ring (bicyclic) bond motifs is 1. The van der Waals surface area contributed by atoms with E-state index in [1.165, 1.54) is 10.6 Å². The molecule has 0 saturated heterocycles. The normalized spacial score (nSPS) is 13.4. The fraction of sp³-hybridized carbons (Fsp3) is 0.259. The van der Waals surface area contributed by atoms with E-state index in [4.69, 9.17) is 0 Å². The van der Waals surface area contributed by atoms with Crippen LogP contribution in [0.25, 0.3) is 16.9 Å². The number of rotatable bonds is 8. The van der Waals surface area contributed by atoms with Gasteiger partial charge in [0.25, 0.3) is 5.56 Å². The lowest BCUT2D eigenvalue weighted by Gasteiger charge is -2.11. The minimum absolute atomic E-state index is 0.0178. The molecule has 2 aromatic carbocycles. The van der Waals surface area contributed by atoms with E-state index >= 15 is 0 Å².